The number of carboxylic acid groups (broad SMARTS) is 1. The number of alkyl halides is 2. The molecule has 0 saturated heterocycles. The third kappa shape index (κ3) is 25.1. The van der Waals surface area contributed by atoms with Crippen molar-refractivity contribution in [3.05, 3.63) is 0 Å². The zero-order chi connectivity index (χ0) is 11.6. The molecule has 0 saturated carbocycles. The van der Waals surface area contributed by atoms with Crippen LogP contribution < -0.4 is 56.5 Å². The van der Waals surface area contributed by atoms with Gasteiger partial charge < -0.3 is 14.6 Å². The van der Waals surface area contributed by atoms with Crippen LogP contribution in [0.4, 0.5) is 8.78 Å². The van der Waals surface area contributed by atoms with Crippen LogP contribution in [0.2, 0.25) is 0 Å². The smallest absolute Gasteiger partial charge is 0.550 e. The predicted octanol–water partition coefficient (Wildman–Crippen LogP) is -2.64. The first-order valence-electron chi connectivity index (χ1n) is 4.07. The van der Waals surface area contributed by atoms with Gasteiger partial charge in [-0.3, -0.25) is 4.79 Å². The van der Waals surface area contributed by atoms with Crippen molar-refractivity contribution in [2.75, 3.05) is 6.61 Å². The molecule has 15 heavy (non-hydrogen) atoms. The summed E-state index contributed by atoms with van der Waals surface area (Å²) in [5, 5.41) is 9.26. The first-order valence-corrected chi connectivity index (χ1v) is 4.07. The van der Waals surface area contributed by atoms with E-state index in [4.69, 9.17) is 0 Å². The molecule has 0 aliphatic heterocycles. The minimum absolute atomic E-state index is 0. The number of hydrogen-bond acceptors (Lipinski definition) is 4. The largest absolute Gasteiger partial charge is 1.00 e. The molecule has 84 valence electrons. The summed E-state index contributed by atoms with van der Waals surface area (Å²) < 4.78 is 26.6. The van der Waals surface area contributed by atoms with Crippen molar-refractivity contribution in [1.29, 1.82) is 0 Å². The molecule has 0 aromatic carbocycles. The Kier molecular flexibility index (Phi) is 20.0. The van der Waals surface area contributed by atoms with E-state index < -0.39 is 25.0 Å². The Balaban J connectivity index is -0.000000208. The van der Waals surface area contributed by atoms with Gasteiger partial charge in [0.25, 0.3) is 6.43 Å². The number of rotatable bonds is 4. The number of ether oxygens (including phenoxy) is 1. The third-order valence-corrected chi connectivity index (χ3v) is 0.948. The van der Waals surface area contributed by atoms with Crippen molar-refractivity contribution >= 4 is 11.9 Å². The van der Waals surface area contributed by atoms with Crippen molar-refractivity contribution in [2.45, 2.75) is 33.1 Å². The van der Waals surface area contributed by atoms with Gasteiger partial charge in [0.15, 0.2) is 6.61 Å². The first kappa shape index (κ1) is 20.8. The fourth-order valence-electron chi connectivity index (χ4n) is 0.258. The van der Waals surface area contributed by atoms with Crippen molar-refractivity contribution < 1.29 is 79.6 Å². The standard InChI is InChI=1S/C5H8F2O2.C3H6O2.K/c1-2-5(8)9-3-4(6)7;1-2-3(4)5;/h4H,2-3H2,1H3;2H2,1H3,(H,4,5);/q;;+1/p-1. The van der Waals surface area contributed by atoms with Gasteiger partial charge in [-0.1, -0.05) is 13.8 Å². The molecule has 4 nitrogen and oxygen atoms in total. The van der Waals surface area contributed by atoms with Crippen LogP contribution in [-0.2, 0) is 14.3 Å². The van der Waals surface area contributed by atoms with Crippen LogP contribution in [0.5, 0.6) is 0 Å². The maximum absolute atomic E-state index is 11.3. The summed E-state index contributed by atoms with van der Waals surface area (Å²) in [4.78, 5) is 19.4. The molecule has 0 bridgehead atoms. The number of esters is 1. The quantitative estimate of drug-likeness (QED) is 0.404. The molecule has 0 spiro atoms. The Hall–Kier alpha value is 0.436. The zero-order valence-corrected chi connectivity index (χ0v) is 12.2. The van der Waals surface area contributed by atoms with E-state index in [2.05, 4.69) is 4.74 Å². The molecule has 0 heterocycles. The summed E-state index contributed by atoms with van der Waals surface area (Å²) >= 11 is 0. The second-order valence-electron chi connectivity index (χ2n) is 2.15. The van der Waals surface area contributed by atoms with Crippen LogP contribution in [0.25, 0.3) is 0 Å². The molecular weight excluding hydrogens is 237 g/mol. The first-order chi connectivity index (χ1) is 6.43. The summed E-state index contributed by atoms with van der Waals surface area (Å²) in [5.74, 6) is -1.58. The van der Waals surface area contributed by atoms with Gasteiger partial charge in [0, 0.05) is 12.4 Å². The van der Waals surface area contributed by atoms with Crippen molar-refractivity contribution in [3.63, 3.8) is 0 Å². The molecular formula is C8H13F2KO4. The van der Waals surface area contributed by atoms with Crippen LogP contribution in [0.3, 0.4) is 0 Å². The molecule has 0 radical (unpaired) electrons. The number of halogens is 2. The maximum Gasteiger partial charge on any atom is 1.00 e. The third-order valence-electron chi connectivity index (χ3n) is 0.948. The molecule has 0 unspecified atom stereocenters. The van der Waals surface area contributed by atoms with Crippen LogP contribution >= 0.6 is 0 Å². The summed E-state index contributed by atoms with van der Waals surface area (Å²) in [6, 6.07) is 0. The minimum Gasteiger partial charge on any atom is -0.550 e. The van der Waals surface area contributed by atoms with Gasteiger partial charge in [-0.15, -0.1) is 0 Å². The molecule has 7 heteroatoms. The van der Waals surface area contributed by atoms with Crippen molar-refractivity contribution in [2.24, 2.45) is 0 Å². The molecule has 0 fully saturated rings. The zero-order valence-electron chi connectivity index (χ0n) is 9.09. The van der Waals surface area contributed by atoms with Gasteiger partial charge >= 0.3 is 57.4 Å². The Morgan fingerprint density at radius 3 is 1.87 bits per heavy atom. The molecule has 0 atom stereocenters. The Morgan fingerprint density at radius 1 is 1.27 bits per heavy atom. The summed E-state index contributed by atoms with van der Waals surface area (Å²) in [6.45, 7) is 2.30. The number of carbonyl (C=O) groups is 2. The van der Waals surface area contributed by atoms with E-state index in [9.17, 15) is 23.5 Å². The maximum atomic E-state index is 11.3. The van der Waals surface area contributed by atoms with Crippen LogP contribution in [0.1, 0.15) is 26.7 Å². The van der Waals surface area contributed by atoms with Gasteiger partial charge in [0.05, 0.1) is 0 Å². The van der Waals surface area contributed by atoms with Crippen LogP contribution in [0, 0.1) is 0 Å². The predicted molar refractivity (Wildman–Crippen MR) is 42.6 cm³/mol. The van der Waals surface area contributed by atoms with E-state index in [-0.39, 0.29) is 64.2 Å². The fraction of sp³-hybridized carbons (Fsp3) is 0.750. The van der Waals surface area contributed by atoms with E-state index in [1.54, 1.807) is 6.92 Å². The Morgan fingerprint density at radius 2 is 1.67 bits per heavy atom. The van der Waals surface area contributed by atoms with Gasteiger partial charge in [-0.05, 0) is 6.42 Å². The van der Waals surface area contributed by atoms with E-state index in [0.29, 0.717) is 0 Å². The Bertz CT molecular complexity index is 176. The SMILES string of the molecule is CCC(=O)OCC(F)F.CCC(=O)[O-].[K+]. The summed E-state index contributed by atoms with van der Waals surface area (Å²) in [6.07, 6.45) is -2.30. The fourth-order valence-corrected chi connectivity index (χ4v) is 0.258. The second kappa shape index (κ2) is 14.4. The van der Waals surface area contributed by atoms with Gasteiger partial charge in [0.1, 0.15) is 0 Å². The second-order valence-corrected chi connectivity index (χ2v) is 2.15. The van der Waals surface area contributed by atoms with Gasteiger partial charge in [0.2, 0.25) is 0 Å². The number of carbonyl (C=O) groups excluding carboxylic acids is 2. The summed E-state index contributed by atoms with van der Waals surface area (Å²) in [7, 11) is 0. The van der Waals surface area contributed by atoms with Crippen molar-refractivity contribution in [1.82, 2.24) is 0 Å². The normalized spacial score (nSPS) is 8.33. The van der Waals surface area contributed by atoms with E-state index in [1.165, 1.54) is 6.92 Å². The van der Waals surface area contributed by atoms with Crippen LogP contribution in [-0.4, -0.2) is 25.0 Å². The topological polar surface area (TPSA) is 66.4 Å². The molecule has 0 aromatic rings. The van der Waals surface area contributed by atoms with Crippen molar-refractivity contribution in [3.8, 4) is 0 Å². The Labute approximate surface area is 130 Å². The molecule has 0 amide bonds. The average Bonchev–Trinajstić information content (AvgIpc) is 2.14. The number of carboxylic acids is 1. The minimum atomic E-state index is -2.56. The number of aliphatic carboxylic acids is 1. The van der Waals surface area contributed by atoms with E-state index >= 15 is 0 Å². The molecule has 0 N–H and O–H groups in total. The molecule has 0 aromatic heterocycles. The average molecular weight is 250 g/mol. The van der Waals surface area contributed by atoms with E-state index in [0.717, 1.165) is 0 Å². The monoisotopic (exact) mass is 250 g/mol. The number of hydrogen-bond donors (Lipinski definition) is 0. The van der Waals surface area contributed by atoms with E-state index in [1.807, 2.05) is 0 Å². The van der Waals surface area contributed by atoms with Gasteiger partial charge in [-0.25, -0.2) is 8.78 Å². The molecule has 0 rings (SSSR count). The molecule has 0 aliphatic rings. The van der Waals surface area contributed by atoms with Gasteiger partial charge in [-0.2, -0.15) is 0 Å². The molecule has 0 aliphatic carbocycles. The van der Waals surface area contributed by atoms with Crippen LogP contribution in [0.15, 0.2) is 0 Å². The summed E-state index contributed by atoms with van der Waals surface area (Å²) in [5.41, 5.74) is 0.